The van der Waals surface area contributed by atoms with E-state index < -0.39 is 10.0 Å². The van der Waals surface area contributed by atoms with E-state index in [0.717, 1.165) is 25.9 Å². The second-order valence-electron chi connectivity index (χ2n) is 7.31. The van der Waals surface area contributed by atoms with Crippen molar-refractivity contribution in [3.8, 4) is 0 Å². The molecule has 1 N–H and O–H groups in total. The minimum atomic E-state index is -3.59. The molecule has 0 aromatic carbocycles. The van der Waals surface area contributed by atoms with Gasteiger partial charge in [0.2, 0.25) is 10.0 Å². The molecule has 0 unspecified atom stereocenters. The summed E-state index contributed by atoms with van der Waals surface area (Å²) >= 11 is 0. The molecule has 1 aliphatic carbocycles. The lowest BCUT2D eigenvalue weighted by molar-refractivity contribution is 0.0376. The number of hydrogen-bond acceptors (Lipinski definition) is 5. The normalized spacial score (nSPS) is 22.6. The molecule has 0 bridgehead atoms. The van der Waals surface area contributed by atoms with Gasteiger partial charge in [-0.3, -0.25) is 4.90 Å². The molecule has 3 rings (SSSR count). The first kappa shape index (κ1) is 17.9. The smallest absolute Gasteiger partial charge is 0.246 e. The second-order valence-corrected chi connectivity index (χ2v) is 9.01. The van der Waals surface area contributed by atoms with Crippen LogP contribution < -0.4 is 4.72 Å². The van der Waals surface area contributed by atoms with Crippen molar-refractivity contribution in [1.82, 2.24) is 14.8 Å². The van der Waals surface area contributed by atoms with Gasteiger partial charge in [-0.2, -0.15) is 0 Å². The van der Waals surface area contributed by atoms with Gasteiger partial charge in [0.05, 0.1) is 0 Å². The molecule has 0 atom stereocenters. The molecule has 2 heterocycles. The lowest BCUT2D eigenvalue weighted by Gasteiger charge is -2.48. The zero-order chi connectivity index (χ0) is 17.2. The van der Waals surface area contributed by atoms with Crippen LogP contribution in [0.25, 0.3) is 0 Å². The molecule has 2 aliphatic rings. The molecule has 136 valence electrons. The Bertz CT molecular complexity index is 637. The highest BCUT2D eigenvalue weighted by molar-refractivity contribution is 7.89. The van der Waals surface area contributed by atoms with Gasteiger partial charge < -0.3 is 4.52 Å². The third kappa shape index (κ3) is 3.53. The molecule has 6 nitrogen and oxygen atoms in total. The first-order valence-corrected chi connectivity index (χ1v) is 10.6. The van der Waals surface area contributed by atoms with Gasteiger partial charge in [0, 0.05) is 12.1 Å². The van der Waals surface area contributed by atoms with Crippen molar-refractivity contribution in [1.29, 1.82) is 0 Å². The fourth-order valence-electron chi connectivity index (χ4n) is 4.34. The zero-order valence-corrected chi connectivity index (χ0v) is 15.6. The largest absolute Gasteiger partial charge is 0.360 e. The summed E-state index contributed by atoms with van der Waals surface area (Å²) in [5.41, 5.74) is 0.403. The predicted octanol–water partition coefficient (Wildman–Crippen LogP) is 2.76. The number of aromatic nitrogens is 1. The number of nitrogens with one attached hydrogen (secondary N) is 1. The minimum absolute atomic E-state index is 0.0231. The number of nitrogens with zero attached hydrogens (tertiary/aromatic N) is 2. The fourth-order valence-corrected chi connectivity index (χ4v) is 5.79. The average molecular weight is 356 g/mol. The van der Waals surface area contributed by atoms with Crippen LogP contribution >= 0.6 is 0 Å². The highest BCUT2D eigenvalue weighted by Gasteiger charge is 2.39. The fraction of sp³-hybridized carbons (Fsp3) is 0.824. The number of sulfonamides is 1. The maximum Gasteiger partial charge on any atom is 0.246 e. The van der Waals surface area contributed by atoms with Gasteiger partial charge in [-0.05, 0) is 52.6 Å². The monoisotopic (exact) mass is 355 g/mol. The summed E-state index contributed by atoms with van der Waals surface area (Å²) < 4.78 is 33.5. The van der Waals surface area contributed by atoms with E-state index >= 15 is 0 Å². The molecule has 1 aromatic heterocycles. The minimum Gasteiger partial charge on any atom is -0.360 e. The Hall–Kier alpha value is -0.920. The van der Waals surface area contributed by atoms with E-state index in [0.29, 0.717) is 18.0 Å². The molecule has 0 spiro atoms. The van der Waals surface area contributed by atoms with Crippen molar-refractivity contribution in [2.75, 3.05) is 19.6 Å². The summed E-state index contributed by atoms with van der Waals surface area (Å²) in [5, 5.41) is 3.78. The molecular formula is C17H29N3O3S. The molecule has 7 heteroatoms. The summed E-state index contributed by atoms with van der Waals surface area (Å²) in [6.07, 6.45) is 9.52. The van der Waals surface area contributed by atoms with Gasteiger partial charge in [0.15, 0.2) is 5.76 Å². The van der Waals surface area contributed by atoms with Crippen LogP contribution in [0, 0.1) is 13.8 Å². The van der Waals surface area contributed by atoms with Gasteiger partial charge >= 0.3 is 0 Å². The van der Waals surface area contributed by atoms with E-state index in [1.165, 1.54) is 38.5 Å². The second kappa shape index (κ2) is 7.14. The molecular weight excluding hydrogens is 326 g/mol. The molecule has 1 aliphatic heterocycles. The van der Waals surface area contributed by atoms with Crippen molar-refractivity contribution in [3.05, 3.63) is 11.5 Å². The first-order valence-electron chi connectivity index (χ1n) is 9.12. The number of hydrogen-bond donors (Lipinski definition) is 1. The van der Waals surface area contributed by atoms with Gasteiger partial charge in [-0.15, -0.1) is 0 Å². The van der Waals surface area contributed by atoms with E-state index in [2.05, 4.69) is 14.8 Å². The zero-order valence-electron chi connectivity index (χ0n) is 14.8. The van der Waals surface area contributed by atoms with E-state index in [1.807, 2.05) is 0 Å². The summed E-state index contributed by atoms with van der Waals surface area (Å²) in [6.45, 7) is 5.99. The Morgan fingerprint density at radius 3 is 2.29 bits per heavy atom. The molecule has 1 saturated carbocycles. The molecule has 24 heavy (non-hydrogen) atoms. The lowest BCUT2D eigenvalue weighted by Crippen LogP contribution is -2.58. The summed E-state index contributed by atoms with van der Waals surface area (Å²) in [5.74, 6) is 0.357. The third-order valence-corrected chi connectivity index (χ3v) is 7.28. The topological polar surface area (TPSA) is 75.4 Å². The third-order valence-electron chi connectivity index (χ3n) is 5.64. The lowest BCUT2D eigenvalue weighted by atomic mass is 9.79. The maximum atomic E-state index is 12.8. The quantitative estimate of drug-likeness (QED) is 0.879. The molecule has 0 radical (unpaired) electrons. The van der Waals surface area contributed by atoms with E-state index in [1.54, 1.807) is 13.8 Å². The number of likely N-dealkylation sites (tertiary alicyclic amines) is 1. The van der Waals surface area contributed by atoms with Crippen LogP contribution in [0.15, 0.2) is 9.42 Å². The molecule has 1 saturated heterocycles. The number of aryl methyl sites for hydroxylation is 2. The van der Waals surface area contributed by atoms with Crippen LogP contribution in [0.5, 0.6) is 0 Å². The van der Waals surface area contributed by atoms with Crippen LogP contribution in [-0.4, -0.2) is 43.6 Å². The van der Waals surface area contributed by atoms with Crippen LogP contribution in [0.4, 0.5) is 0 Å². The maximum absolute atomic E-state index is 12.8. The Balaban J connectivity index is 1.78. The van der Waals surface area contributed by atoms with E-state index in [-0.39, 0.29) is 10.4 Å². The Morgan fingerprint density at radius 2 is 1.71 bits per heavy atom. The van der Waals surface area contributed by atoms with Crippen molar-refractivity contribution in [2.24, 2.45) is 0 Å². The van der Waals surface area contributed by atoms with Crippen LogP contribution in [0.3, 0.4) is 0 Å². The summed E-state index contributed by atoms with van der Waals surface area (Å²) in [4.78, 5) is 2.75. The van der Waals surface area contributed by atoms with Crippen molar-refractivity contribution >= 4 is 10.0 Å². The van der Waals surface area contributed by atoms with E-state index in [4.69, 9.17) is 4.52 Å². The highest BCUT2D eigenvalue weighted by atomic mass is 32.2. The standard InChI is InChI=1S/C17H29N3O3S/c1-14-16(15(2)23-19-14)24(21,22)18-13-17(9-5-3-6-10-17)20-11-7-4-8-12-20/h18H,3-13H2,1-2H3. The van der Waals surface area contributed by atoms with Crippen molar-refractivity contribution < 1.29 is 12.9 Å². The Morgan fingerprint density at radius 1 is 1.08 bits per heavy atom. The Labute approximate surface area is 145 Å². The van der Waals surface area contributed by atoms with Crippen LogP contribution in [0.2, 0.25) is 0 Å². The average Bonchev–Trinajstić information content (AvgIpc) is 2.94. The van der Waals surface area contributed by atoms with Gasteiger partial charge in [0.25, 0.3) is 0 Å². The SMILES string of the molecule is Cc1noc(C)c1S(=O)(=O)NCC1(N2CCCCC2)CCCCC1. The Kier molecular flexibility index (Phi) is 5.32. The summed E-state index contributed by atoms with van der Waals surface area (Å²) in [6, 6.07) is 0. The van der Waals surface area contributed by atoms with Gasteiger partial charge in [-0.25, -0.2) is 13.1 Å². The van der Waals surface area contributed by atoms with Crippen molar-refractivity contribution in [3.63, 3.8) is 0 Å². The van der Waals surface area contributed by atoms with Crippen molar-refractivity contribution in [2.45, 2.75) is 75.6 Å². The van der Waals surface area contributed by atoms with E-state index in [9.17, 15) is 8.42 Å². The van der Waals surface area contributed by atoms with Crippen LogP contribution in [0.1, 0.15) is 62.8 Å². The molecule has 1 aromatic rings. The predicted molar refractivity (Wildman–Crippen MR) is 92.4 cm³/mol. The summed E-state index contributed by atoms with van der Waals surface area (Å²) in [7, 11) is -3.59. The first-order chi connectivity index (χ1) is 11.4. The molecule has 2 fully saturated rings. The number of rotatable bonds is 5. The van der Waals surface area contributed by atoms with Crippen LogP contribution in [-0.2, 0) is 10.0 Å². The molecule has 0 amide bonds. The number of piperidine rings is 1. The highest BCUT2D eigenvalue weighted by Crippen LogP contribution is 2.35. The van der Waals surface area contributed by atoms with Gasteiger partial charge in [-0.1, -0.05) is 30.8 Å². The van der Waals surface area contributed by atoms with Gasteiger partial charge in [0.1, 0.15) is 10.6 Å².